The zero-order valence-corrected chi connectivity index (χ0v) is 30.8. The van der Waals surface area contributed by atoms with Crippen LogP contribution in [-0.2, 0) is 5.41 Å². The van der Waals surface area contributed by atoms with Crippen molar-refractivity contribution in [3.8, 4) is 55.6 Å². The van der Waals surface area contributed by atoms with Crippen LogP contribution >= 0.6 is 0 Å². The molecule has 0 amide bonds. The second kappa shape index (κ2) is 13.0. The molecule has 262 valence electrons. The van der Waals surface area contributed by atoms with Crippen LogP contribution in [0.4, 0.5) is 17.1 Å². The molecular weight excluding hydrogens is 675 g/mol. The van der Waals surface area contributed by atoms with E-state index < -0.39 is 5.41 Å². The SMILES string of the molecule is c1ccc(-c2ccc(N(c3cc(-c4ccccc4)ccc3-c3ccccc3)c3cccc4c3-c3ccccc3C43c4ccccc4-c4ccccc43)cc2)cc1. The third kappa shape index (κ3) is 4.81. The van der Waals surface area contributed by atoms with Gasteiger partial charge in [0.1, 0.15) is 0 Å². The molecule has 0 aliphatic heterocycles. The van der Waals surface area contributed by atoms with E-state index in [4.69, 9.17) is 0 Å². The van der Waals surface area contributed by atoms with Crippen LogP contribution in [0.3, 0.4) is 0 Å². The first-order valence-electron chi connectivity index (χ1n) is 19.4. The number of anilines is 3. The van der Waals surface area contributed by atoms with Gasteiger partial charge in [0.15, 0.2) is 0 Å². The first kappa shape index (κ1) is 32.2. The van der Waals surface area contributed by atoms with Gasteiger partial charge in [-0.3, -0.25) is 0 Å². The summed E-state index contributed by atoms with van der Waals surface area (Å²) < 4.78 is 0. The normalized spacial score (nSPS) is 12.8. The van der Waals surface area contributed by atoms with Crippen LogP contribution in [0.25, 0.3) is 55.6 Å². The van der Waals surface area contributed by atoms with Gasteiger partial charge in [-0.15, -0.1) is 0 Å². The van der Waals surface area contributed by atoms with Crippen molar-refractivity contribution in [2.45, 2.75) is 5.41 Å². The molecule has 0 fully saturated rings. The third-order valence-corrected chi connectivity index (χ3v) is 11.9. The van der Waals surface area contributed by atoms with E-state index in [0.29, 0.717) is 0 Å². The Bertz CT molecular complexity index is 2850. The predicted molar refractivity (Wildman–Crippen MR) is 234 cm³/mol. The lowest BCUT2D eigenvalue weighted by atomic mass is 9.70. The Morgan fingerprint density at radius 3 is 1.32 bits per heavy atom. The van der Waals surface area contributed by atoms with Crippen molar-refractivity contribution in [1.29, 1.82) is 0 Å². The van der Waals surface area contributed by atoms with Gasteiger partial charge < -0.3 is 4.90 Å². The van der Waals surface area contributed by atoms with Crippen LogP contribution in [0.2, 0.25) is 0 Å². The Morgan fingerprint density at radius 2 is 0.714 bits per heavy atom. The zero-order chi connectivity index (χ0) is 37.1. The van der Waals surface area contributed by atoms with Crippen LogP contribution < -0.4 is 4.90 Å². The van der Waals surface area contributed by atoms with E-state index in [-0.39, 0.29) is 0 Å². The van der Waals surface area contributed by atoms with Gasteiger partial charge in [-0.1, -0.05) is 200 Å². The molecule has 1 heteroatoms. The highest BCUT2D eigenvalue weighted by molar-refractivity contribution is 6.02. The lowest BCUT2D eigenvalue weighted by molar-refractivity contribution is 0.794. The number of fused-ring (bicyclic) bond motifs is 10. The van der Waals surface area contributed by atoms with Crippen molar-refractivity contribution in [2.24, 2.45) is 0 Å². The zero-order valence-electron chi connectivity index (χ0n) is 30.8. The van der Waals surface area contributed by atoms with Gasteiger partial charge >= 0.3 is 0 Å². The van der Waals surface area contributed by atoms with Crippen molar-refractivity contribution in [3.05, 3.63) is 247 Å². The van der Waals surface area contributed by atoms with Gasteiger partial charge in [0, 0.05) is 16.8 Å². The molecule has 1 nitrogen and oxygen atoms in total. The fourth-order valence-electron chi connectivity index (χ4n) is 9.54. The molecule has 2 aliphatic carbocycles. The van der Waals surface area contributed by atoms with Crippen molar-refractivity contribution < 1.29 is 0 Å². The van der Waals surface area contributed by atoms with Gasteiger partial charge in [0.25, 0.3) is 0 Å². The highest BCUT2D eigenvalue weighted by atomic mass is 15.1. The maximum absolute atomic E-state index is 2.52. The molecule has 0 aromatic heterocycles. The smallest absolute Gasteiger partial charge is 0.0726 e. The number of rotatable bonds is 6. The first-order chi connectivity index (χ1) is 27.8. The molecule has 0 unspecified atom stereocenters. The minimum absolute atomic E-state index is 0.438. The number of hydrogen-bond donors (Lipinski definition) is 0. The largest absolute Gasteiger partial charge is 0.309 e. The number of hydrogen-bond acceptors (Lipinski definition) is 1. The Hall–Kier alpha value is -7.22. The van der Waals surface area contributed by atoms with Gasteiger partial charge in [0.05, 0.1) is 16.8 Å². The van der Waals surface area contributed by atoms with Crippen molar-refractivity contribution in [3.63, 3.8) is 0 Å². The van der Waals surface area contributed by atoms with Gasteiger partial charge in [-0.05, 0) is 91.0 Å². The molecule has 0 atom stereocenters. The third-order valence-electron chi connectivity index (χ3n) is 11.9. The molecule has 0 N–H and O–H groups in total. The van der Waals surface area contributed by atoms with E-state index in [9.17, 15) is 0 Å². The maximum Gasteiger partial charge on any atom is 0.0726 e. The predicted octanol–water partition coefficient (Wildman–Crippen LogP) is 14.5. The first-order valence-corrected chi connectivity index (χ1v) is 19.4. The topological polar surface area (TPSA) is 3.24 Å². The molecule has 9 aromatic carbocycles. The molecule has 11 rings (SSSR count). The second-order valence-electron chi connectivity index (χ2n) is 14.8. The van der Waals surface area contributed by atoms with Crippen LogP contribution in [0.15, 0.2) is 224 Å². The molecule has 1 spiro atoms. The highest BCUT2D eigenvalue weighted by Gasteiger charge is 2.52. The van der Waals surface area contributed by atoms with Crippen LogP contribution in [-0.4, -0.2) is 0 Å². The minimum atomic E-state index is -0.438. The molecule has 0 bridgehead atoms. The Kier molecular flexibility index (Phi) is 7.47. The monoisotopic (exact) mass is 711 g/mol. The van der Waals surface area contributed by atoms with E-state index in [1.807, 2.05) is 0 Å². The van der Waals surface area contributed by atoms with Gasteiger partial charge in [-0.25, -0.2) is 0 Å². The summed E-state index contributed by atoms with van der Waals surface area (Å²) in [6, 6.07) is 82.5. The van der Waals surface area contributed by atoms with Crippen molar-refractivity contribution >= 4 is 17.1 Å². The fraction of sp³-hybridized carbons (Fsp3) is 0.0182. The molecule has 2 aliphatic rings. The number of nitrogens with zero attached hydrogens (tertiary/aromatic N) is 1. The van der Waals surface area contributed by atoms with Crippen molar-refractivity contribution in [1.82, 2.24) is 0 Å². The number of benzene rings is 9. The highest BCUT2D eigenvalue weighted by Crippen LogP contribution is 2.64. The molecule has 0 radical (unpaired) electrons. The van der Waals surface area contributed by atoms with Crippen LogP contribution in [0.5, 0.6) is 0 Å². The van der Waals surface area contributed by atoms with E-state index >= 15 is 0 Å². The minimum Gasteiger partial charge on any atom is -0.309 e. The van der Waals surface area contributed by atoms with Crippen molar-refractivity contribution in [2.75, 3.05) is 4.90 Å². The Balaban J connectivity index is 1.23. The molecule has 0 saturated carbocycles. The molecule has 9 aromatic rings. The average molecular weight is 712 g/mol. The quantitative estimate of drug-likeness (QED) is 0.166. The maximum atomic E-state index is 2.52. The Morgan fingerprint density at radius 1 is 0.268 bits per heavy atom. The van der Waals surface area contributed by atoms with Gasteiger partial charge in [-0.2, -0.15) is 0 Å². The molecule has 0 heterocycles. The average Bonchev–Trinajstić information content (AvgIpc) is 3.76. The van der Waals surface area contributed by atoms with Crippen LogP contribution in [0, 0.1) is 0 Å². The Labute approximate surface area is 328 Å². The van der Waals surface area contributed by atoms with E-state index in [1.165, 1.54) is 77.9 Å². The van der Waals surface area contributed by atoms with E-state index in [2.05, 4.69) is 229 Å². The molecule has 56 heavy (non-hydrogen) atoms. The van der Waals surface area contributed by atoms with Crippen LogP contribution in [0.1, 0.15) is 22.3 Å². The summed E-state index contributed by atoms with van der Waals surface area (Å²) in [5.74, 6) is 0. The second-order valence-corrected chi connectivity index (χ2v) is 14.8. The van der Waals surface area contributed by atoms with Gasteiger partial charge in [0.2, 0.25) is 0 Å². The fourth-order valence-corrected chi connectivity index (χ4v) is 9.54. The summed E-state index contributed by atoms with van der Waals surface area (Å²) in [6.45, 7) is 0. The van der Waals surface area contributed by atoms with E-state index in [0.717, 1.165) is 17.1 Å². The molecular formula is C55H37N. The summed E-state index contributed by atoms with van der Waals surface area (Å²) in [5.41, 5.74) is 20.6. The standard InChI is InChI=1S/C55H37N/c1-4-17-38(18-5-1)40-31-34-43(35-32-40)56(53-37-42(39-19-6-2-7-20-39)33-36-44(53)41-21-8-3-9-22-41)52-30-16-29-51-54(52)47-25-12-15-28-50(47)55(51)48-26-13-10-23-45(48)46-24-11-14-27-49(46)55/h1-37H. The summed E-state index contributed by atoms with van der Waals surface area (Å²) in [6.07, 6.45) is 0. The lowest BCUT2D eigenvalue weighted by Gasteiger charge is -2.32. The van der Waals surface area contributed by atoms with E-state index in [1.54, 1.807) is 0 Å². The lowest BCUT2D eigenvalue weighted by Crippen LogP contribution is -2.26. The summed E-state index contributed by atoms with van der Waals surface area (Å²) >= 11 is 0. The molecule has 0 saturated heterocycles. The summed E-state index contributed by atoms with van der Waals surface area (Å²) in [4.78, 5) is 2.52. The summed E-state index contributed by atoms with van der Waals surface area (Å²) in [5, 5.41) is 0. The summed E-state index contributed by atoms with van der Waals surface area (Å²) in [7, 11) is 0.